The molecule has 0 saturated carbocycles. The first-order valence-electron chi connectivity index (χ1n) is 7.56. The Labute approximate surface area is 140 Å². The molecular weight excluding hydrogens is 316 g/mol. The van der Waals surface area contributed by atoms with E-state index in [1.54, 1.807) is 13.0 Å². The van der Waals surface area contributed by atoms with Gasteiger partial charge in [0.05, 0.1) is 6.42 Å². The lowest BCUT2D eigenvalue weighted by Gasteiger charge is -2.37. The first-order valence-corrected chi connectivity index (χ1v) is 7.94. The predicted octanol–water partition coefficient (Wildman–Crippen LogP) is 2.09. The molecule has 0 bridgehead atoms. The molecule has 122 valence electrons. The third-order valence-corrected chi connectivity index (χ3v) is 4.50. The summed E-state index contributed by atoms with van der Waals surface area (Å²) in [7, 11) is 2.00. The minimum atomic E-state index is -0.0693. The van der Waals surface area contributed by atoms with E-state index in [0.717, 1.165) is 12.1 Å². The van der Waals surface area contributed by atoms with Crippen LogP contribution in [0.5, 0.6) is 0 Å². The first kappa shape index (κ1) is 16.0. The largest absolute Gasteiger partial charge is 0.339 e. The van der Waals surface area contributed by atoms with E-state index in [4.69, 9.17) is 16.1 Å². The fourth-order valence-electron chi connectivity index (χ4n) is 2.73. The highest BCUT2D eigenvalue weighted by atomic mass is 35.5. The highest BCUT2D eigenvalue weighted by Gasteiger charge is 2.32. The molecule has 1 saturated heterocycles. The maximum atomic E-state index is 12.6. The Kier molecular flexibility index (Phi) is 4.63. The van der Waals surface area contributed by atoms with Crippen LogP contribution >= 0.6 is 11.6 Å². The number of aromatic nitrogens is 2. The normalized spacial score (nSPS) is 19.1. The van der Waals surface area contributed by atoms with Crippen molar-refractivity contribution < 1.29 is 9.32 Å². The summed E-state index contributed by atoms with van der Waals surface area (Å²) >= 11 is 6.15. The number of carbonyl (C=O) groups excluding carboxylic acids is 1. The minimum absolute atomic E-state index is 0.0624. The Hall–Kier alpha value is -1.92. The number of piperazine rings is 1. The van der Waals surface area contributed by atoms with Crippen molar-refractivity contribution in [3.63, 3.8) is 0 Å². The molecule has 0 aliphatic carbocycles. The second-order valence-corrected chi connectivity index (χ2v) is 6.19. The number of hydrogen-bond donors (Lipinski definition) is 0. The number of hydrogen-bond acceptors (Lipinski definition) is 5. The minimum Gasteiger partial charge on any atom is -0.339 e. The van der Waals surface area contributed by atoms with Gasteiger partial charge in [0.25, 0.3) is 0 Å². The van der Waals surface area contributed by atoms with Crippen molar-refractivity contribution in [2.24, 2.45) is 0 Å². The van der Waals surface area contributed by atoms with Crippen LogP contribution in [-0.2, 0) is 11.2 Å². The molecule has 1 atom stereocenters. The molecule has 3 rings (SSSR count). The van der Waals surface area contributed by atoms with Gasteiger partial charge in [-0.3, -0.25) is 9.69 Å². The number of rotatable bonds is 3. The number of halogens is 1. The monoisotopic (exact) mass is 334 g/mol. The number of carbonyl (C=O) groups is 1. The maximum absolute atomic E-state index is 12.6. The summed E-state index contributed by atoms with van der Waals surface area (Å²) in [6.07, 6.45) is 0.305. The highest BCUT2D eigenvalue weighted by molar-refractivity contribution is 6.31. The van der Waals surface area contributed by atoms with Gasteiger partial charge in [0.15, 0.2) is 5.82 Å². The van der Waals surface area contributed by atoms with E-state index in [1.807, 2.05) is 30.1 Å². The zero-order valence-electron chi connectivity index (χ0n) is 13.2. The molecule has 23 heavy (non-hydrogen) atoms. The zero-order valence-corrected chi connectivity index (χ0v) is 14.0. The molecule has 1 fully saturated rings. The van der Waals surface area contributed by atoms with Crippen LogP contribution < -0.4 is 0 Å². The second kappa shape index (κ2) is 6.68. The van der Waals surface area contributed by atoms with Crippen molar-refractivity contribution in [1.29, 1.82) is 0 Å². The Bertz CT molecular complexity index is 703. The lowest BCUT2D eigenvalue weighted by molar-refractivity contribution is -0.133. The molecule has 7 heteroatoms. The molecule has 2 aromatic rings. The average Bonchev–Trinajstić information content (AvgIpc) is 2.96. The van der Waals surface area contributed by atoms with Crippen molar-refractivity contribution >= 4 is 17.5 Å². The Morgan fingerprint density at radius 1 is 1.39 bits per heavy atom. The summed E-state index contributed by atoms with van der Waals surface area (Å²) in [6, 6.07) is 7.37. The lowest BCUT2D eigenvalue weighted by Crippen LogP contribution is -2.49. The molecule has 1 amide bonds. The molecule has 1 aliphatic heterocycles. The van der Waals surface area contributed by atoms with Crippen molar-refractivity contribution in [2.75, 3.05) is 26.7 Å². The van der Waals surface area contributed by atoms with Gasteiger partial charge in [-0.2, -0.15) is 4.98 Å². The van der Waals surface area contributed by atoms with Crippen LogP contribution in [0.3, 0.4) is 0 Å². The van der Waals surface area contributed by atoms with Crippen LogP contribution in [0.15, 0.2) is 28.8 Å². The van der Waals surface area contributed by atoms with E-state index in [-0.39, 0.29) is 11.9 Å². The quantitative estimate of drug-likeness (QED) is 0.860. The van der Waals surface area contributed by atoms with Gasteiger partial charge in [-0.15, -0.1) is 0 Å². The maximum Gasteiger partial charge on any atom is 0.245 e. The number of benzene rings is 1. The molecule has 6 nitrogen and oxygen atoms in total. The van der Waals surface area contributed by atoms with Gasteiger partial charge in [0.1, 0.15) is 6.04 Å². The molecule has 0 unspecified atom stereocenters. The number of nitrogens with zero attached hydrogens (tertiary/aromatic N) is 4. The molecule has 2 heterocycles. The molecule has 1 aromatic carbocycles. The van der Waals surface area contributed by atoms with Gasteiger partial charge in [-0.25, -0.2) is 0 Å². The highest BCUT2D eigenvalue weighted by Crippen LogP contribution is 2.24. The van der Waals surface area contributed by atoms with E-state index >= 15 is 0 Å². The van der Waals surface area contributed by atoms with Crippen molar-refractivity contribution in [2.45, 2.75) is 19.4 Å². The second-order valence-electron chi connectivity index (χ2n) is 5.78. The number of aryl methyl sites for hydroxylation is 1. The number of amides is 1. The van der Waals surface area contributed by atoms with Crippen LogP contribution in [0.1, 0.15) is 23.3 Å². The zero-order chi connectivity index (χ0) is 16.4. The SMILES string of the molecule is Cc1noc([C@H]2CN(C(=O)Cc3ccccc3Cl)CCN2C)n1. The summed E-state index contributed by atoms with van der Waals surface area (Å²) in [5.41, 5.74) is 0.850. The van der Waals surface area contributed by atoms with Gasteiger partial charge >= 0.3 is 0 Å². The van der Waals surface area contributed by atoms with Crippen molar-refractivity contribution in [3.8, 4) is 0 Å². The molecule has 0 N–H and O–H groups in total. The van der Waals surface area contributed by atoms with Gasteiger partial charge in [-0.1, -0.05) is 35.0 Å². The van der Waals surface area contributed by atoms with Gasteiger partial charge in [0, 0.05) is 24.7 Å². The molecule has 0 radical (unpaired) electrons. The fourth-order valence-corrected chi connectivity index (χ4v) is 2.93. The predicted molar refractivity (Wildman–Crippen MR) is 86.1 cm³/mol. The average molecular weight is 335 g/mol. The van der Waals surface area contributed by atoms with E-state index in [9.17, 15) is 4.79 Å². The van der Waals surface area contributed by atoms with Gasteiger partial charge in [-0.05, 0) is 25.6 Å². The van der Waals surface area contributed by atoms with Crippen LogP contribution in [0.25, 0.3) is 0 Å². The van der Waals surface area contributed by atoms with Gasteiger partial charge in [0.2, 0.25) is 11.8 Å². The fraction of sp³-hybridized carbons (Fsp3) is 0.438. The van der Waals surface area contributed by atoms with Crippen molar-refractivity contribution in [1.82, 2.24) is 19.9 Å². The Balaban J connectivity index is 1.71. The Morgan fingerprint density at radius 3 is 2.87 bits per heavy atom. The van der Waals surface area contributed by atoms with Crippen molar-refractivity contribution in [3.05, 3.63) is 46.6 Å². The summed E-state index contributed by atoms with van der Waals surface area (Å²) in [5, 5.41) is 4.47. The van der Waals surface area contributed by atoms with E-state index in [1.165, 1.54) is 0 Å². The molecule has 1 aromatic heterocycles. The van der Waals surface area contributed by atoms with E-state index in [2.05, 4.69) is 15.0 Å². The molecule has 0 spiro atoms. The summed E-state index contributed by atoms with van der Waals surface area (Å²) in [4.78, 5) is 20.9. The summed E-state index contributed by atoms with van der Waals surface area (Å²) < 4.78 is 5.28. The van der Waals surface area contributed by atoms with E-state index in [0.29, 0.717) is 36.2 Å². The third-order valence-electron chi connectivity index (χ3n) is 4.13. The topological polar surface area (TPSA) is 62.5 Å². The van der Waals surface area contributed by atoms with Crippen LogP contribution in [0.4, 0.5) is 0 Å². The first-order chi connectivity index (χ1) is 11.0. The van der Waals surface area contributed by atoms with E-state index < -0.39 is 0 Å². The van der Waals surface area contributed by atoms with Crippen LogP contribution in [-0.4, -0.2) is 52.5 Å². The summed E-state index contributed by atoms with van der Waals surface area (Å²) in [5.74, 6) is 1.22. The smallest absolute Gasteiger partial charge is 0.245 e. The van der Waals surface area contributed by atoms with Crippen LogP contribution in [0, 0.1) is 6.92 Å². The molecular formula is C16H19ClN4O2. The summed E-state index contributed by atoms with van der Waals surface area (Å²) in [6.45, 7) is 3.78. The lowest BCUT2D eigenvalue weighted by atomic mass is 10.1. The van der Waals surface area contributed by atoms with Gasteiger partial charge < -0.3 is 9.42 Å². The standard InChI is InChI=1S/C16H19ClN4O2/c1-11-18-16(23-19-11)14-10-21(8-7-20(14)2)15(22)9-12-5-3-4-6-13(12)17/h3-6,14H,7-10H2,1-2H3/t14-/m1/s1. The molecule has 1 aliphatic rings. The third kappa shape index (κ3) is 3.54. The Morgan fingerprint density at radius 2 is 2.17 bits per heavy atom. The number of likely N-dealkylation sites (N-methyl/N-ethyl adjacent to an activating group) is 1. The van der Waals surface area contributed by atoms with Crippen LogP contribution in [0.2, 0.25) is 5.02 Å².